The van der Waals surface area contributed by atoms with Crippen LogP contribution in [0.25, 0.3) is 0 Å². The van der Waals surface area contributed by atoms with Gasteiger partial charge in [0.2, 0.25) is 11.7 Å². The number of anilines is 1. The molecule has 0 aliphatic carbocycles. The highest BCUT2D eigenvalue weighted by Crippen LogP contribution is 2.24. The van der Waals surface area contributed by atoms with Gasteiger partial charge in [-0.15, -0.1) is 0 Å². The van der Waals surface area contributed by atoms with Crippen LogP contribution in [0.3, 0.4) is 0 Å². The molecule has 2 atom stereocenters. The Bertz CT molecular complexity index is 1090. The van der Waals surface area contributed by atoms with Crippen LogP contribution in [0, 0.1) is 0 Å². The van der Waals surface area contributed by atoms with Crippen molar-refractivity contribution in [1.82, 2.24) is 4.90 Å². The molecule has 0 aromatic heterocycles. The molecule has 0 bridgehead atoms. The zero-order chi connectivity index (χ0) is 24.1. The second-order valence-corrected chi connectivity index (χ2v) is 8.72. The van der Waals surface area contributed by atoms with Crippen LogP contribution in [-0.4, -0.2) is 60.4 Å². The fourth-order valence-corrected chi connectivity index (χ4v) is 4.38. The van der Waals surface area contributed by atoms with E-state index in [4.69, 9.17) is 21.1 Å². The lowest BCUT2D eigenvalue weighted by molar-refractivity contribution is -0.163. The van der Waals surface area contributed by atoms with Gasteiger partial charge >= 0.3 is 5.97 Å². The molecular formula is C25H25ClN2O6. The number of carbonyl (C=O) groups is 4. The number of benzene rings is 2. The van der Waals surface area contributed by atoms with Crippen molar-refractivity contribution in [3.63, 3.8) is 0 Å². The molecular weight excluding hydrogens is 460 g/mol. The summed E-state index contributed by atoms with van der Waals surface area (Å²) in [5.41, 5.74) is 0.978. The fourth-order valence-electron chi connectivity index (χ4n) is 4.14. The number of nitrogens with one attached hydrogen (secondary N) is 1. The fraction of sp³-hybridized carbons (Fsp3) is 0.360. The Balaban J connectivity index is 1.26. The van der Waals surface area contributed by atoms with E-state index in [-0.39, 0.29) is 35.4 Å². The highest BCUT2D eigenvalue weighted by Gasteiger charge is 2.38. The first-order chi connectivity index (χ1) is 16.4. The van der Waals surface area contributed by atoms with E-state index in [0.717, 1.165) is 19.3 Å². The topological polar surface area (TPSA) is 102 Å². The molecule has 4 rings (SSSR count). The summed E-state index contributed by atoms with van der Waals surface area (Å²) in [4.78, 5) is 51.4. The van der Waals surface area contributed by atoms with E-state index < -0.39 is 24.5 Å². The Morgan fingerprint density at radius 3 is 2.62 bits per heavy atom. The van der Waals surface area contributed by atoms with Crippen LogP contribution in [0.4, 0.5) is 5.69 Å². The van der Waals surface area contributed by atoms with Gasteiger partial charge < -0.3 is 19.7 Å². The summed E-state index contributed by atoms with van der Waals surface area (Å²) in [7, 11) is 0. The highest BCUT2D eigenvalue weighted by molar-refractivity contribution is 6.34. The summed E-state index contributed by atoms with van der Waals surface area (Å²) in [6.45, 7) is 0.736. The molecule has 2 unspecified atom stereocenters. The summed E-state index contributed by atoms with van der Waals surface area (Å²) >= 11 is 5.99. The van der Waals surface area contributed by atoms with Crippen molar-refractivity contribution in [2.24, 2.45) is 0 Å². The van der Waals surface area contributed by atoms with Gasteiger partial charge in [0.15, 0.2) is 6.61 Å². The molecule has 2 aromatic rings. The summed E-state index contributed by atoms with van der Waals surface area (Å²) in [5.74, 6) is -1.56. The van der Waals surface area contributed by atoms with Gasteiger partial charge in [-0.25, -0.2) is 4.79 Å². The minimum Gasteiger partial charge on any atom is -0.454 e. The summed E-state index contributed by atoms with van der Waals surface area (Å²) in [6, 6.07) is 12.7. The predicted molar refractivity (Wildman–Crippen MR) is 125 cm³/mol. The SMILES string of the molecule is O=C(CC1OCC2CCCCN2C1=O)Nc1ccc(C(=O)OCC(=O)c2ccccc2Cl)cc1. The van der Waals surface area contributed by atoms with Gasteiger partial charge in [0.25, 0.3) is 5.91 Å². The Morgan fingerprint density at radius 1 is 1.09 bits per heavy atom. The Kier molecular flexibility index (Phi) is 7.59. The van der Waals surface area contributed by atoms with Crippen molar-refractivity contribution in [3.05, 3.63) is 64.7 Å². The molecule has 2 amide bonds. The lowest BCUT2D eigenvalue weighted by atomic mass is 9.99. The smallest absolute Gasteiger partial charge is 0.338 e. The standard InChI is InChI=1S/C25H25ClN2O6/c26-20-7-2-1-6-19(20)21(29)15-34-25(32)16-8-10-17(11-9-16)27-23(30)13-22-24(31)28-12-4-3-5-18(28)14-33-22/h1-2,6-11,18,22H,3-5,12-15H2,(H,27,30). The zero-order valence-electron chi connectivity index (χ0n) is 18.5. The maximum atomic E-state index is 12.6. The van der Waals surface area contributed by atoms with E-state index in [1.807, 2.05) is 4.90 Å². The molecule has 2 heterocycles. The molecule has 34 heavy (non-hydrogen) atoms. The third-order valence-electron chi connectivity index (χ3n) is 5.96. The van der Waals surface area contributed by atoms with Crippen LogP contribution in [-0.2, 0) is 19.1 Å². The third kappa shape index (κ3) is 5.63. The number of carbonyl (C=O) groups excluding carboxylic acids is 4. The predicted octanol–water partition coefficient (Wildman–Crippen LogP) is 3.49. The number of piperidine rings is 1. The molecule has 0 spiro atoms. The van der Waals surface area contributed by atoms with Gasteiger partial charge in [0, 0.05) is 17.8 Å². The van der Waals surface area contributed by atoms with Crippen LogP contribution in [0.15, 0.2) is 48.5 Å². The number of ether oxygens (including phenoxy) is 2. The molecule has 2 aromatic carbocycles. The van der Waals surface area contributed by atoms with E-state index in [1.54, 1.807) is 36.4 Å². The number of hydrogen-bond donors (Lipinski definition) is 1. The van der Waals surface area contributed by atoms with E-state index in [2.05, 4.69) is 5.32 Å². The molecule has 1 N–H and O–H groups in total. The van der Waals surface area contributed by atoms with Gasteiger partial charge in [-0.05, 0) is 55.7 Å². The van der Waals surface area contributed by atoms with Crippen LogP contribution >= 0.6 is 11.6 Å². The van der Waals surface area contributed by atoms with E-state index in [0.29, 0.717) is 23.9 Å². The number of esters is 1. The Hall–Kier alpha value is -3.23. The largest absolute Gasteiger partial charge is 0.454 e. The monoisotopic (exact) mass is 484 g/mol. The van der Waals surface area contributed by atoms with E-state index >= 15 is 0 Å². The summed E-state index contributed by atoms with van der Waals surface area (Å²) < 4.78 is 10.7. The number of halogens is 1. The molecule has 0 radical (unpaired) electrons. The minimum atomic E-state index is -0.778. The average Bonchev–Trinajstić information content (AvgIpc) is 2.85. The van der Waals surface area contributed by atoms with Crippen LogP contribution in [0.1, 0.15) is 46.4 Å². The number of ketones is 1. The van der Waals surface area contributed by atoms with Crippen molar-refractivity contribution in [2.45, 2.75) is 37.8 Å². The molecule has 0 saturated carbocycles. The number of morpholine rings is 1. The molecule has 2 fully saturated rings. The van der Waals surface area contributed by atoms with Crippen LogP contribution < -0.4 is 5.32 Å². The second kappa shape index (κ2) is 10.8. The number of Topliss-reactive ketones (excluding diaryl/α,β-unsaturated/α-hetero) is 1. The van der Waals surface area contributed by atoms with Crippen molar-refractivity contribution in [1.29, 1.82) is 0 Å². The maximum Gasteiger partial charge on any atom is 0.338 e. The summed E-state index contributed by atoms with van der Waals surface area (Å²) in [5, 5.41) is 3.01. The molecule has 178 valence electrons. The minimum absolute atomic E-state index is 0.0734. The molecule has 2 aliphatic rings. The van der Waals surface area contributed by atoms with E-state index in [9.17, 15) is 19.2 Å². The van der Waals surface area contributed by atoms with Crippen molar-refractivity contribution in [2.75, 3.05) is 25.1 Å². The van der Waals surface area contributed by atoms with E-state index in [1.165, 1.54) is 12.1 Å². The zero-order valence-corrected chi connectivity index (χ0v) is 19.3. The van der Waals surface area contributed by atoms with Crippen LogP contribution in [0.2, 0.25) is 5.02 Å². The van der Waals surface area contributed by atoms with Crippen molar-refractivity contribution >= 4 is 40.9 Å². The molecule has 2 saturated heterocycles. The van der Waals surface area contributed by atoms with Gasteiger partial charge in [0.05, 0.1) is 29.7 Å². The second-order valence-electron chi connectivity index (χ2n) is 8.31. The third-order valence-corrected chi connectivity index (χ3v) is 6.29. The van der Waals surface area contributed by atoms with Gasteiger partial charge in [0.1, 0.15) is 6.10 Å². The first kappa shape index (κ1) is 23.9. The van der Waals surface area contributed by atoms with Gasteiger partial charge in [-0.3, -0.25) is 14.4 Å². The van der Waals surface area contributed by atoms with Gasteiger partial charge in [-0.2, -0.15) is 0 Å². The van der Waals surface area contributed by atoms with Crippen molar-refractivity contribution in [3.8, 4) is 0 Å². The normalized spacial score (nSPS) is 19.8. The average molecular weight is 485 g/mol. The quantitative estimate of drug-likeness (QED) is 0.477. The van der Waals surface area contributed by atoms with Gasteiger partial charge in [-0.1, -0.05) is 23.7 Å². The van der Waals surface area contributed by atoms with Crippen molar-refractivity contribution < 1.29 is 28.7 Å². The first-order valence-electron chi connectivity index (χ1n) is 11.2. The molecule has 9 heteroatoms. The number of rotatable bonds is 7. The maximum absolute atomic E-state index is 12.6. The highest BCUT2D eigenvalue weighted by atomic mass is 35.5. The number of amides is 2. The first-order valence-corrected chi connectivity index (χ1v) is 11.6. The number of fused-ring (bicyclic) bond motifs is 1. The Morgan fingerprint density at radius 2 is 1.85 bits per heavy atom. The van der Waals surface area contributed by atoms with Crippen LogP contribution in [0.5, 0.6) is 0 Å². The lowest BCUT2D eigenvalue weighted by Gasteiger charge is -2.41. The molecule has 2 aliphatic heterocycles. The lowest BCUT2D eigenvalue weighted by Crippen LogP contribution is -2.56. The Labute approximate surface area is 202 Å². The summed E-state index contributed by atoms with van der Waals surface area (Å²) in [6.07, 6.45) is 2.15. The molecule has 8 nitrogen and oxygen atoms in total. The number of nitrogens with zero attached hydrogens (tertiary/aromatic N) is 1. The number of hydrogen-bond acceptors (Lipinski definition) is 6.